The first kappa shape index (κ1) is 8.85. The van der Waals surface area contributed by atoms with Crippen molar-refractivity contribution in [1.29, 1.82) is 5.26 Å². The van der Waals surface area contributed by atoms with Crippen molar-refractivity contribution in [3.8, 4) is 11.8 Å². The largest absolute Gasteiger partial charge is 0.506 e. The molecular formula is C10H8N2OS. The molecule has 0 spiro atoms. The van der Waals surface area contributed by atoms with Gasteiger partial charge >= 0.3 is 0 Å². The molecule has 0 atom stereocenters. The van der Waals surface area contributed by atoms with Crippen LogP contribution in [0.1, 0.15) is 4.88 Å². The van der Waals surface area contributed by atoms with Crippen LogP contribution in [0.15, 0.2) is 18.2 Å². The van der Waals surface area contributed by atoms with Crippen LogP contribution in [0.3, 0.4) is 0 Å². The Balaban J connectivity index is 2.66. The number of rotatable bonds is 1. The van der Waals surface area contributed by atoms with Gasteiger partial charge in [0.05, 0.1) is 22.9 Å². The summed E-state index contributed by atoms with van der Waals surface area (Å²) < 4.78 is 0.857. The van der Waals surface area contributed by atoms with E-state index in [1.807, 2.05) is 6.07 Å². The quantitative estimate of drug-likeness (QED) is 0.553. The lowest BCUT2D eigenvalue weighted by Gasteiger charge is -1.97. The van der Waals surface area contributed by atoms with E-state index in [9.17, 15) is 5.11 Å². The van der Waals surface area contributed by atoms with Gasteiger partial charge in [-0.2, -0.15) is 5.26 Å². The van der Waals surface area contributed by atoms with E-state index in [4.69, 9.17) is 11.0 Å². The highest BCUT2D eigenvalue weighted by molar-refractivity contribution is 7.19. The summed E-state index contributed by atoms with van der Waals surface area (Å²) in [6, 6.07) is 7.39. The van der Waals surface area contributed by atoms with Crippen molar-refractivity contribution in [2.75, 3.05) is 5.73 Å². The van der Waals surface area contributed by atoms with Gasteiger partial charge in [-0.25, -0.2) is 0 Å². The van der Waals surface area contributed by atoms with Gasteiger partial charge in [-0.3, -0.25) is 0 Å². The molecule has 0 aliphatic carbocycles. The summed E-state index contributed by atoms with van der Waals surface area (Å²) in [5, 5.41) is 18.9. The Morgan fingerprint density at radius 2 is 2.29 bits per heavy atom. The number of fused-ring (bicyclic) bond motifs is 1. The highest BCUT2D eigenvalue weighted by atomic mass is 32.1. The van der Waals surface area contributed by atoms with Crippen molar-refractivity contribution in [2.45, 2.75) is 6.42 Å². The Morgan fingerprint density at radius 3 is 3.00 bits per heavy atom. The van der Waals surface area contributed by atoms with Crippen LogP contribution in [0.5, 0.6) is 5.75 Å². The van der Waals surface area contributed by atoms with E-state index in [2.05, 4.69) is 6.07 Å². The zero-order valence-corrected chi connectivity index (χ0v) is 8.14. The minimum Gasteiger partial charge on any atom is -0.506 e. The van der Waals surface area contributed by atoms with Crippen molar-refractivity contribution >= 4 is 27.1 Å². The fourth-order valence-electron chi connectivity index (χ4n) is 1.33. The average Bonchev–Trinajstić information content (AvgIpc) is 2.56. The number of nitrogens with two attached hydrogens (primary N) is 1. The van der Waals surface area contributed by atoms with E-state index in [1.165, 1.54) is 11.3 Å². The average molecular weight is 204 g/mol. The second-order valence-corrected chi connectivity index (χ2v) is 4.10. The van der Waals surface area contributed by atoms with Crippen LogP contribution in [0.4, 0.5) is 5.69 Å². The maximum absolute atomic E-state index is 9.37. The summed E-state index contributed by atoms with van der Waals surface area (Å²) in [5.41, 5.74) is 6.10. The molecule has 1 aromatic heterocycles. The lowest BCUT2D eigenvalue weighted by atomic mass is 10.2. The SMILES string of the molecule is N#CCc1cc2ccc(O)c(N)c2s1. The number of nitriles is 1. The van der Waals surface area contributed by atoms with Gasteiger partial charge in [0.1, 0.15) is 5.75 Å². The van der Waals surface area contributed by atoms with Gasteiger partial charge in [0, 0.05) is 4.88 Å². The molecule has 2 aromatic rings. The number of thiophene rings is 1. The highest BCUT2D eigenvalue weighted by Crippen LogP contribution is 2.35. The zero-order chi connectivity index (χ0) is 10.1. The van der Waals surface area contributed by atoms with Crippen molar-refractivity contribution in [3.63, 3.8) is 0 Å². The predicted molar refractivity (Wildman–Crippen MR) is 57.2 cm³/mol. The topological polar surface area (TPSA) is 70.0 Å². The Bertz CT molecular complexity index is 525. The van der Waals surface area contributed by atoms with E-state index >= 15 is 0 Å². The maximum Gasteiger partial charge on any atom is 0.139 e. The van der Waals surface area contributed by atoms with Gasteiger partial charge < -0.3 is 10.8 Å². The summed E-state index contributed by atoms with van der Waals surface area (Å²) >= 11 is 1.46. The van der Waals surface area contributed by atoms with Gasteiger partial charge in [0.25, 0.3) is 0 Å². The number of phenolic OH excluding ortho intramolecular Hbond substituents is 1. The van der Waals surface area contributed by atoms with Crippen molar-refractivity contribution in [1.82, 2.24) is 0 Å². The molecule has 0 saturated heterocycles. The Hall–Kier alpha value is -1.73. The van der Waals surface area contributed by atoms with E-state index in [0.29, 0.717) is 12.1 Å². The van der Waals surface area contributed by atoms with E-state index in [0.717, 1.165) is 15.0 Å². The number of benzene rings is 1. The smallest absolute Gasteiger partial charge is 0.139 e. The van der Waals surface area contributed by atoms with E-state index in [1.54, 1.807) is 12.1 Å². The molecule has 3 N–H and O–H groups in total. The van der Waals surface area contributed by atoms with Crippen LogP contribution in [0.2, 0.25) is 0 Å². The van der Waals surface area contributed by atoms with Crippen LogP contribution in [0.25, 0.3) is 10.1 Å². The first-order valence-electron chi connectivity index (χ1n) is 4.09. The predicted octanol–water partition coefficient (Wildman–Crippen LogP) is 2.26. The monoisotopic (exact) mass is 204 g/mol. The van der Waals surface area contributed by atoms with Gasteiger partial charge in [-0.1, -0.05) is 0 Å². The lowest BCUT2D eigenvalue weighted by molar-refractivity contribution is 0.479. The first-order valence-corrected chi connectivity index (χ1v) is 4.91. The van der Waals surface area contributed by atoms with Crippen LogP contribution >= 0.6 is 11.3 Å². The fraction of sp³-hybridized carbons (Fsp3) is 0.100. The highest BCUT2D eigenvalue weighted by Gasteiger charge is 2.07. The van der Waals surface area contributed by atoms with Crippen molar-refractivity contribution in [3.05, 3.63) is 23.1 Å². The molecule has 1 aromatic carbocycles. The summed E-state index contributed by atoms with van der Waals surface area (Å²) in [6.07, 6.45) is 0.388. The lowest BCUT2D eigenvalue weighted by Crippen LogP contribution is -1.84. The van der Waals surface area contributed by atoms with Gasteiger partial charge in [-0.05, 0) is 23.6 Å². The molecule has 0 amide bonds. The Labute approximate surface area is 85.0 Å². The Kier molecular flexibility index (Phi) is 2.02. The molecule has 0 aliphatic heterocycles. The summed E-state index contributed by atoms with van der Waals surface area (Å²) in [4.78, 5) is 0.972. The molecule has 0 fully saturated rings. The number of nitrogen functional groups attached to an aromatic ring is 1. The van der Waals surface area contributed by atoms with Gasteiger partial charge in [0.15, 0.2) is 0 Å². The number of hydrogen-bond acceptors (Lipinski definition) is 4. The van der Waals surface area contributed by atoms with Crippen LogP contribution in [-0.4, -0.2) is 5.11 Å². The second kappa shape index (κ2) is 3.20. The molecule has 0 unspecified atom stereocenters. The summed E-state index contributed by atoms with van der Waals surface area (Å²) in [5.74, 6) is 0.0999. The molecular weight excluding hydrogens is 196 g/mol. The number of nitrogens with zero attached hydrogens (tertiary/aromatic N) is 1. The molecule has 1 heterocycles. The zero-order valence-electron chi connectivity index (χ0n) is 7.32. The Morgan fingerprint density at radius 1 is 1.50 bits per heavy atom. The summed E-state index contributed by atoms with van der Waals surface area (Å²) in [6.45, 7) is 0. The number of anilines is 1. The summed E-state index contributed by atoms with van der Waals surface area (Å²) in [7, 11) is 0. The van der Waals surface area contributed by atoms with Gasteiger partial charge in [-0.15, -0.1) is 11.3 Å². The van der Waals surface area contributed by atoms with Gasteiger partial charge in [0.2, 0.25) is 0 Å². The molecule has 0 saturated carbocycles. The molecule has 4 heteroatoms. The molecule has 0 aliphatic rings. The minimum atomic E-state index is 0.0999. The standard InChI is InChI=1S/C10H8N2OS/c11-4-3-7-5-6-1-2-8(13)9(12)10(6)14-7/h1-2,5,13H,3,12H2. The molecule has 0 bridgehead atoms. The second-order valence-electron chi connectivity index (χ2n) is 2.96. The fourth-order valence-corrected chi connectivity index (χ4v) is 2.38. The third-order valence-corrected chi connectivity index (χ3v) is 3.19. The molecule has 70 valence electrons. The number of phenols is 1. The normalized spacial score (nSPS) is 10.2. The molecule has 3 nitrogen and oxygen atoms in total. The van der Waals surface area contributed by atoms with E-state index in [-0.39, 0.29) is 5.75 Å². The maximum atomic E-state index is 9.37. The third-order valence-electron chi connectivity index (χ3n) is 2.01. The molecule has 2 rings (SSSR count). The number of hydrogen-bond donors (Lipinski definition) is 2. The molecule has 14 heavy (non-hydrogen) atoms. The van der Waals surface area contributed by atoms with Crippen molar-refractivity contribution in [2.24, 2.45) is 0 Å². The first-order chi connectivity index (χ1) is 6.72. The molecule has 0 radical (unpaired) electrons. The van der Waals surface area contributed by atoms with E-state index < -0.39 is 0 Å². The third kappa shape index (κ3) is 1.28. The minimum absolute atomic E-state index is 0.0999. The number of aromatic hydroxyl groups is 1. The van der Waals surface area contributed by atoms with Crippen LogP contribution in [-0.2, 0) is 6.42 Å². The van der Waals surface area contributed by atoms with Crippen molar-refractivity contribution < 1.29 is 5.11 Å². The van der Waals surface area contributed by atoms with Crippen LogP contribution in [0, 0.1) is 11.3 Å². The van der Waals surface area contributed by atoms with Crippen LogP contribution < -0.4 is 5.73 Å².